The monoisotopic (exact) mass is 200 g/mol. The maximum absolute atomic E-state index is 8.84. The van der Waals surface area contributed by atoms with Crippen LogP contribution >= 0.6 is 11.6 Å². The second-order valence-corrected chi connectivity index (χ2v) is 3.26. The summed E-state index contributed by atoms with van der Waals surface area (Å²) in [6, 6.07) is 5.16. The first kappa shape index (κ1) is 8.66. The highest BCUT2D eigenvalue weighted by Crippen LogP contribution is 2.33. The SMILES string of the molecule is OC[C@H]1COc2cc(Cl)ccc2O1. The predicted octanol–water partition coefficient (Wildman–Crippen LogP) is 1.47. The van der Waals surface area contributed by atoms with Crippen LogP contribution in [0.4, 0.5) is 0 Å². The Morgan fingerprint density at radius 3 is 3.08 bits per heavy atom. The lowest BCUT2D eigenvalue weighted by Crippen LogP contribution is -2.32. The van der Waals surface area contributed by atoms with E-state index in [1.54, 1.807) is 18.2 Å². The van der Waals surface area contributed by atoms with Crippen LogP contribution in [0.3, 0.4) is 0 Å². The molecule has 3 nitrogen and oxygen atoms in total. The highest BCUT2D eigenvalue weighted by atomic mass is 35.5. The largest absolute Gasteiger partial charge is 0.486 e. The summed E-state index contributed by atoms with van der Waals surface area (Å²) in [5, 5.41) is 9.46. The van der Waals surface area contributed by atoms with Gasteiger partial charge in [-0.1, -0.05) is 11.6 Å². The first-order chi connectivity index (χ1) is 6.29. The van der Waals surface area contributed by atoms with Gasteiger partial charge >= 0.3 is 0 Å². The fourth-order valence-corrected chi connectivity index (χ4v) is 1.34. The molecule has 1 atom stereocenters. The summed E-state index contributed by atoms with van der Waals surface area (Å²) in [6.45, 7) is 0.325. The van der Waals surface area contributed by atoms with Gasteiger partial charge in [0.25, 0.3) is 0 Å². The number of aliphatic hydroxyl groups excluding tert-OH is 1. The summed E-state index contributed by atoms with van der Waals surface area (Å²) < 4.78 is 10.7. The zero-order valence-corrected chi connectivity index (χ0v) is 7.62. The number of fused-ring (bicyclic) bond motifs is 1. The molecule has 0 unspecified atom stereocenters. The molecule has 0 fully saturated rings. The third-order valence-corrected chi connectivity index (χ3v) is 2.06. The van der Waals surface area contributed by atoms with E-state index in [-0.39, 0.29) is 12.7 Å². The molecule has 1 aromatic rings. The molecule has 0 aromatic heterocycles. The molecule has 4 heteroatoms. The molecule has 1 N–H and O–H groups in total. The van der Waals surface area contributed by atoms with Crippen LogP contribution in [0, 0.1) is 0 Å². The first-order valence-electron chi connectivity index (χ1n) is 3.99. The first-order valence-corrected chi connectivity index (χ1v) is 4.37. The third-order valence-electron chi connectivity index (χ3n) is 1.83. The molecule has 2 rings (SSSR count). The van der Waals surface area contributed by atoms with Crippen molar-refractivity contribution >= 4 is 11.6 Å². The molecular weight excluding hydrogens is 192 g/mol. The quantitative estimate of drug-likeness (QED) is 0.746. The molecule has 0 radical (unpaired) electrons. The average Bonchev–Trinajstić information content (AvgIpc) is 2.17. The van der Waals surface area contributed by atoms with Gasteiger partial charge in [-0.05, 0) is 12.1 Å². The Labute approximate surface area is 80.8 Å². The van der Waals surface area contributed by atoms with Crippen molar-refractivity contribution < 1.29 is 14.6 Å². The zero-order chi connectivity index (χ0) is 9.26. The van der Waals surface area contributed by atoms with Gasteiger partial charge in [-0.15, -0.1) is 0 Å². The number of halogens is 1. The van der Waals surface area contributed by atoms with Crippen molar-refractivity contribution in [1.29, 1.82) is 0 Å². The smallest absolute Gasteiger partial charge is 0.162 e. The molecule has 0 saturated heterocycles. The van der Waals surface area contributed by atoms with E-state index >= 15 is 0 Å². The van der Waals surface area contributed by atoms with Crippen molar-refractivity contribution in [3.05, 3.63) is 23.2 Å². The average molecular weight is 201 g/mol. The second kappa shape index (κ2) is 3.44. The predicted molar refractivity (Wildman–Crippen MR) is 48.4 cm³/mol. The normalized spacial score (nSPS) is 20.0. The molecule has 0 amide bonds. The van der Waals surface area contributed by atoms with Crippen LogP contribution in [-0.2, 0) is 0 Å². The third kappa shape index (κ3) is 1.71. The minimum atomic E-state index is -0.270. The van der Waals surface area contributed by atoms with Gasteiger partial charge in [0.2, 0.25) is 0 Å². The molecule has 70 valence electrons. The number of ether oxygens (including phenoxy) is 2. The lowest BCUT2D eigenvalue weighted by molar-refractivity contribution is 0.0456. The highest BCUT2D eigenvalue weighted by molar-refractivity contribution is 6.30. The van der Waals surface area contributed by atoms with E-state index < -0.39 is 0 Å². The fraction of sp³-hybridized carbons (Fsp3) is 0.333. The summed E-state index contributed by atoms with van der Waals surface area (Å²) >= 11 is 5.76. The van der Waals surface area contributed by atoms with Crippen molar-refractivity contribution in [3.8, 4) is 11.5 Å². The van der Waals surface area contributed by atoms with Gasteiger partial charge in [-0.3, -0.25) is 0 Å². The van der Waals surface area contributed by atoms with Crippen molar-refractivity contribution in [2.45, 2.75) is 6.10 Å². The molecule has 1 heterocycles. The van der Waals surface area contributed by atoms with Crippen molar-refractivity contribution in [3.63, 3.8) is 0 Å². The molecule has 0 bridgehead atoms. The van der Waals surface area contributed by atoms with E-state index in [1.165, 1.54) is 0 Å². The summed E-state index contributed by atoms with van der Waals surface area (Å²) in [5.74, 6) is 1.27. The number of rotatable bonds is 1. The van der Waals surface area contributed by atoms with Crippen LogP contribution in [0.2, 0.25) is 5.02 Å². The van der Waals surface area contributed by atoms with Crippen LogP contribution in [-0.4, -0.2) is 24.4 Å². The Morgan fingerprint density at radius 2 is 2.31 bits per heavy atom. The number of hydrogen-bond donors (Lipinski definition) is 1. The molecule has 1 aliphatic rings. The molecule has 13 heavy (non-hydrogen) atoms. The maximum Gasteiger partial charge on any atom is 0.162 e. The van der Waals surface area contributed by atoms with E-state index in [2.05, 4.69) is 0 Å². The molecule has 0 saturated carbocycles. The van der Waals surface area contributed by atoms with Crippen LogP contribution in [0.1, 0.15) is 0 Å². The molecule has 1 aliphatic heterocycles. The van der Waals surface area contributed by atoms with E-state index in [0.29, 0.717) is 23.1 Å². The van der Waals surface area contributed by atoms with Gasteiger partial charge in [-0.2, -0.15) is 0 Å². The van der Waals surface area contributed by atoms with Gasteiger partial charge in [0.05, 0.1) is 6.61 Å². The van der Waals surface area contributed by atoms with Gasteiger partial charge in [-0.25, -0.2) is 0 Å². The van der Waals surface area contributed by atoms with Crippen LogP contribution in [0.5, 0.6) is 11.5 Å². The van der Waals surface area contributed by atoms with Gasteiger partial charge in [0, 0.05) is 11.1 Å². The van der Waals surface area contributed by atoms with Gasteiger partial charge in [0.15, 0.2) is 17.6 Å². The van der Waals surface area contributed by atoms with Crippen molar-refractivity contribution in [2.24, 2.45) is 0 Å². The number of aliphatic hydroxyl groups is 1. The minimum Gasteiger partial charge on any atom is -0.486 e. The van der Waals surface area contributed by atoms with Crippen LogP contribution in [0.15, 0.2) is 18.2 Å². The Morgan fingerprint density at radius 1 is 1.46 bits per heavy atom. The molecule has 0 aliphatic carbocycles. The highest BCUT2D eigenvalue weighted by Gasteiger charge is 2.19. The number of benzene rings is 1. The summed E-state index contributed by atoms with van der Waals surface area (Å²) in [5.41, 5.74) is 0. The number of hydrogen-bond acceptors (Lipinski definition) is 3. The molecule has 0 spiro atoms. The van der Waals surface area contributed by atoms with Gasteiger partial charge in [0.1, 0.15) is 6.61 Å². The van der Waals surface area contributed by atoms with Crippen molar-refractivity contribution in [1.82, 2.24) is 0 Å². The summed E-state index contributed by atoms with van der Waals surface area (Å²) in [6.07, 6.45) is -0.270. The zero-order valence-electron chi connectivity index (χ0n) is 6.87. The summed E-state index contributed by atoms with van der Waals surface area (Å²) in [4.78, 5) is 0. The Balaban J connectivity index is 2.26. The van der Waals surface area contributed by atoms with E-state index in [4.69, 9.17) is 26.2 Å². The Hall–Kier alpha value is -0.930. The summed E-state index contributed by atoms with van der Waals surface area (Å²) in [7, 11) is 0. The minimum absolute atomic E-state index is 0.0396. The maximum atomic E-state index is 8.84. The van der Waals surface area contributed by atoms with E-state index in [1.807, 2.05) is 0 Å². The fourth-order valence-electron chi connectivity index (χ4n) is 1.18. The Kier molecular flexibility index (Phi) is 2.29. The van der Waals surface area contributed by atoms with Crippen LogP contribution < -0.4 is 9.47 Å². The van der Waals surface area contributed by atoms with E-state index in [9.17, 15) is 0 Å². The standard InChI is InChI=1S/C9H9ClO3/c10-6-1-2-8-9(3-6)12-5-7(4-11)13-8/h1-3,7,11H,4-5H2/t7-/m0/s1. The molecular formula is C9H9ClO3. The van der Waals surface area contributed by atoms with Gasteiger partial charge < -0.3 is 14.6 Å². The Bertz CT molecular complexity index is 314. The second-order valence-electron chi connectivity index (χ2n) is 2.82. The van der Waals surface area contributed by atoms with Crippen LogP contribution in [0.25, 0.3) is 0 Å². The lowest BCUT2D eigenvalue weighted by Gasteiger charge is -2.24. The topological polar surface area (TPSA) is 38.7 Å². The van der Waals surface area contributed by atoms with Crippen molar-refractivity contribution in [2.75, 3.05) is 13.2 Å². The molecule has 1 aromatic carbocycles. The van der Waals surface area contributed by atoms with E-state index in [0.717, 1.165) is 0 Å². The lowest BCUT2D eigenvalue weighted by atomic mass is 10.3.